The van der Waals surface area contributed by atoms with Crippen LogP contribution >= 0.6 is 0 Å². The molecule has 1 heterocycles. The predicted molar refractivity (Wildman–Crippen MR) is 80.9 cm³/mol. The molecule has 102 valence electrons. The number of hydrogen-bond donors (Lipinski definition) is 1. The van der Waals surface area contributed by atoms with Crippen LogP contribution in [0.1, 0.15) is 38.8 Å². The van der Waals surface area contributed by atoms with Crippen molar-refractivity contribution in [1.82, 2.24) is 10.2 Å². The lowest BCUT2D eigenvalue weighted by molar-refractivity contribution is 0.0974. The Bertz CT molecular complexity index is 457. The maximum Gasteiger partial charge on any atom is 0.0608 e. The van der Waals surface area contributed by atoms with Crippen LogP contribution in [-0.2, 0) is 0 Å². The quantitative estimate of drug-likeness (QED) is 0.837. The highest BCUT2D eigenvalue weighted by atomic mass is 15.2. The third-order valence-corrected chi connectivity index (χ3v) is 4.14. The van der Waals surface area contributed by atoms with Gasteiger partial charge in [-0.1, -0.05) is 43.2 Å². The number of nitrogens with zero attached hydrogens (tertiary/aromatic N) is 1. The van der Waals surface area contributed by atoms with Gasteiger partial charge < -0.3 is 5.32 Å². The highest BCUT2D eigenvalue weighted by molar-refractivity contribution is 5.21. The van der Waals surface area contributed by atoms with Gasteiger partial charge >= 0.3 is 0 Å². The number of nitrogens with one attached hydrogen (secondary N) is 1. The molecule has 1 aromatic rings. The van der Waals surface area contributed by atoms with E-state index in [4.69, 9.17) is 0 Å². The van der Waals surface area contributed by atoms with Gasteiger partial charge in [0.25, 0.3) is 0 Å². The molecule has 0 amide bonds. The predicted octanol–water partition coefficient (Wildman–Crippen LogP) is 2.82. The normalized spacial score (nSPS) is 27.6. The Hall–Kier alpha value is -1.30. The number of hydrogen-bond acceptors (Lipinski definition) is 2. The molecule has 0 spiro atoms. The first-order valence-corrected chi connectivity index (χ1v) is 7.12. The van der Waals surface area contributed by atoms with Crippen LogP contribution in [0.25, 0.3) is 0 Å². The van der Waals surface area contributed by atoms with Crippen molar-refractivity contribution in [1.29, 1.82) is 0 Å². The minimum atomic E-state index is 0.209. The molecule has 2 rings (SSSR count). The molecule has 1 N–H and O–H groups in total. The Morgan fingerprint density at radius 1 is 1.37 bits per heavy atom. The summed E-state index contributed by atoms with van der Waals surface area (Å²) in [6.45, 7) is 9.38. The average Bonchev–Trinajstić information content (AvgIpc) is 2.46. The van der Waals surface area contributed by atoms with Gasteiger partial charge in [0.2, 0.25) is 0 Å². The Morgan fingerprint density at radius 3 is 2.74 bits per heavy atom. The summed E-state index contributed by atoms with van der Waals surface area (Å²) in [5, 5.41) is 3.71. The second-order valence-corrected chi connectivity index (χ2v) is 5.55. The highest BCUT2D eigenvalue weighted by Gasteiger charge is 2.34. The van der Waals surface area contributed by atoms with Gasteiger partial charge in [0, 0.05) is 24.7 Å². The zero-order valence-electron chi connectivity index (χ0n) is 12.2. The third-order valence-electron chi connectivity index (χ3n) is 4.14. The van der Waals surface area contributed by atoms with Crippen LogP contribution in [0.2, 0.25) is 0 Å². The molecule has 2 atom stereocenters. The van der Waals surface area contributed by atoms with Crippen molar-refractivity contribution < 1.29 is 0 Å². The van der Waals surface area contributed by atoms with Gasteiger partial charge in [-0.25, -0.2) is 0 Å². The summed E-state index contributed by atoms with van der Waals surface area (Å²) in [7, 11) is 0. The molecular formula is C17H24N2. The molecule has 2 nitrogen and oxygen atoms in total. The molecule has 1 fully saturated rings. The van der Waals surface area contributed by atoms with Gasteiger partial charge in [0.1, 0.15) is 0 Å². The highest BCUT2D eigenvalue weighted by Crippen LogP contribution is 2.27. The molecule has 2 unspecified atom stereocenters. The number of piperazine rings is 1. The fourth-order valence-electron chi connectivity index (χ4n) is 2.67. The molecule has 1 aliphatic heterocycles. The zero-order chi connectivity index (χ0) is 13.7. The minimum Gasteiger partial charge on any atom is -0.308 e. The van der Waals surface area contributed by atoms with Crippen LogP contribution in [0.5, 0.6) is 0 Å². The van der Waals surface area contributed by atoms with Crippen LogP contribution in [0.3, 0.4) is 0 Å². The number of rotatable bonds is 3. The zero-order valence-corrected chi connectivity index (χ0v) is 12.2. The maximum absolute atomic E-state index is 3.71. The van der Waals surface area contributed by atoms with E-state index in [1.165, 1.54) is 5.56 Å². The Morgan fingerprint density at radius 2 is 2.11 bits per heavy atom. The Balaban J connectivity index is 2.19. The second kappa shape index (κ2) is 6.23. The van der Waals surface area contributed by atoms with E-state index in [0.717, 1.165) is 26.1 Å². The lowest BCUT2D eigenvalue weighted by Gasteiger charge is -2.45. The van der Waals surface area contributed by atoms with E-state index in [0.29, 0.717) is 6.04 Å². The van der Waals surface area contributed by atoms with Crippen LogP contribution < -0.4 is 5.32 Å². The fourth-order valence-corrected chi connectivity index (χ4v) is 2.67. The van der Waals surface area contributed by atoms with Gasteiger partial charge in [-0.3, -0.25) is 4.90 Å². The lowest BCUT2D eigenvalue weighted by atomic mass is 9.91. The Labute approximate surface area is 117 Å². The standard InChI is InChI=1S/C17H24N2/c1-4-6-12-19-14-17(3,5-2)18-13-16(19)15-10-8-7-9-11-15/h7-11,16,18H,5,12-14H2,1-3H3. The molecule has 0 radical (unpaired) electrons. The summed E-state index contributed by atoms with van der Waals surface area (Å²) in [5.74, 6) is 6.25. The van der Waals surface area contributed by atoms with Gasteiger partial charge in [-0.05, 0) is 25.8 Å². The summed E-state index contributed by atoms with van der Waals surface area (Å²) in [6.07, 6.45) is 1.14. The largest absolute Gasteiger partial charge is 0.308 e. The minimum absolute atomic E-state index is 0.209. The monoisotopic (exact) mass is 256 g/mol. The van der Waals surface area contributed by atoms with Gasteiger partial charge in [-0.15, -0.1) is 5.92 Å². The third kappa shape index (κ3) is 3.37. The number of benzene rings is 1. The first-order valence-electron chi connectivity index (χ1n) is 7.12. The molecule has 1 saturated heterocycles. The van der Waals surface area contributed by atoms with E-state index in [1.54, 1.807) is 0 Å². The molecule has 19 heavy (non-hydrogen) atoms. The topological polar surface area (TPSA) is 15.3 Å². The molecule has 0 aromatic heterocycles. The first-order chi connectivity index (χ1) is 9.18. The van der Waals surface area contributed by atoms with Crippen molar-refractivity contribution in [3.8, 4) is 11.8 Å². The van der Waals surface area contributed by atoms with Crippen molar-refractivity contribution in [2.75, 3.05) is 19.6 Å². The fraction of sp³-hybridized carbons (Fsp3) is 0.529. The van der Waals surface area contributed by atoms with Gasteiger partial charge in [0.15, 0.2) is 0 Å². The summed E-state index contributed by atoms with van der Waals surface area (Å²) < 4.78 is 0. The molecule has 0 bridgehead atoms. The lowest BCUT2D eigenvalue weighted by Crippen LogP contribution is -2.59. The molecule has 0 saturated carbocycles. The molecular weight excluding hydrogens is 232 g/mol. The molecule has 0 aliphatic carbocycles. The summed E-state index contributed by atoms with van der Waals surface area (Å²) in [6, 6.07) is 11.2. The van der Waals surface area contributed by atoms with E-state index in [2.05, 4.69) is 66.2 Å². The molecule has 2 heteroatoms. The van der Waals surface area contributed by atoms with Crippen molar-refractivity contribution in [3.63, 3.8) is 0 Å². The smallest absolute Gasteiger partial charge is 0.0608 e. The van der Waals surface area contributed by atoms with Crippen LogP contribution in [0.4, 0.5) is 0 Å². The van der Waals surface area contributed by atoms with E-state index >= 15 is 0 Å². The van der Waals surface area contributed by atoms with E-state index in [-0.39, 0.29) is 5.54 Å². The molecule has 1 aliphatic rings. The summed E-state index contributed by atoms with van der Waals surface area (Å²) >= 11 is 0. The van der Waals surface area contributed by atoms with Crippen LogP contribution in [0, 0.1) is 11.8 Å². The van der Waals surface area contributed by atoms with Crippen LogP contribution in [-0.4, -0.2) is 30.1 Å². The van der Waals surface area contributed by atoms with Crippen LogP contribution in [0.15, 0.2) is 30.3 Å². The van der Waals surface area contributed by atoms with Crippen molar-refractivity contribution >= 4 is 0 Å². The summed E-state index contributed by atoms with van der Waals surface area (Å²) in [5.41, 5.74) is 1.59. The van der Waals surface area contributed by atoms with E-state index in [1.807, 2.05) is 6.92 Å². The van der Waals surface area contributed by atoms with Crippen molar-refractivity contribution in [3.05, 3.63) is 35.9 Å². The van der Waals surface area contributed by atoms with Gasteiger partial charge in [0.05, 0.1) is 6.54 Å². The maximum atomic E-state index is 3.71. The average molecular weight is 256 g/mol. The Kier molecular flexibility index (Phi) is 4.63. The first kappa shape index (κ1) is 14.1. The second-order valence-electron chi connectivity index (χ2n) is 5.55. The summed E-state index contributed by atoms with van der Waals surface area (Å²) in [4.78, 5) is 2.51. The van der Waals surface area contributed by atoms with E-state index in [9.17, 15) is 0 Å². The van der Waals surface area contributed by atoms with Crippen molar-refractivity contribution in [2.24, 2.45) is 0 Å². The van der Waals surface area contributed by atoms with E-state index < -0.39 is 0 Å². The molecule has 1 aromatic carbocycles. The van der Waals surface area contributed by atoms with Gasteiger partial charge in [-0.2, -0.15) is 0 Å². The SMILES string of the molecule is CC#CCN1CC(C)(CC)NCC1c1ccccc1. The van der Waals surface area contributed by atoms with Crippen molar-refractivity contribution in [2.45, 2.75) is 38.8 Å².